The number of halogens is 3. The summed E-state index contributed by atoms with van der Waals surface area (Å²) in [4.78, 5) is 11.0. The zero-order valence-corrected chi connectivity index (χ0v) is 52.6. The fourth-order valence-corrected chi connectivity index (χ4v) is 10.2. The number of alkyl halides is 2. The second kappa shape index (κ2) is 37.3. The van der Waals surface area contributed by atoms with Crippen LogP contribution in [0.15, 0.2) is 250 Å². The van der Waals surface area contributed by atoms with Crippen LogP contribution in [0.4, 0.5) is 0 Å². The van der Waals surface area contributed by atoms with Crippen LogP contribution < -0.4 is 10.5 Å². The normalized spacial score (nSPS) is 12.5. The van der Waals surface area contributed by atoms with Crippen LogP contribution in [0.1, 0.15) is 111 Å². The van der Waals surface area contributed by atoms with Gasteiger partial charge in [-0.1, -0.05) is 212 Å². The molecule has 2 aromatic heterocycles. The van der Waals surface area contributed by atoms with E-state index in [-0.39, 0.29) is 34.8 Å². The van der Waals surface area contributed by atoms with Gasteiger partial charge in [-0.05, 0) is 91.9 Å². The van der Waals surface area contributed by atoms with Crippen LogP contribution in [0.2, 0.25) is 0 Å². The zero-order valence-electron chi connectivity index (χ0n) is 47.0. The van der Waals surface area contributed by atoms with Crippen molar-refractivity contribution in [3.05, 3.63) is 305 Å². The van der Waals surface area contributed by atoms with E-state index >= 15 is 0 Å². The number of aliphatic hydroxyl groups excluding tert-OH is 1. The molecule has 0 spiro atoms. The van der Waals surface area contributed by atoms with Crippen molar-refractivity contribution in [2.75, 3.05) is 11.8 Å². The molecule has 0 unspecified atom stereocenters. The van der Waals surface area contributed by atoms with Gasteiger partial charge >= 0.3 is 27.0 Å². The number of aliphatic hydroxyl groups is 1. The van der Waals surface area contributed by atoms with E-state index in [1.54, 1.807) is 72.8 Å². The summed E-state index contributed by atoms with van der Waals surface area (Å²) in [6, 6.07) is 63.2. The minimum atomic E-state index is -3.87. The molecule has 0 radical (unpaired) electrons. The van der Waals surface area contributed by atoms with Gasteiger partial charge in [0, 0.05) is 4.90 Å². The van der Waals surface area contributed by atoms with Crippen LogP contribution in [0.25, 0.3) is 10.5 Å². The quantitative estimate of drug-likeness (QED) is 0.0342. The molecule has 12 nitrogen and oxygen atoms in total. The molecule has 0 amide bonds. The summed E-state index contributed by atoms with van der Waals surface area (Å²) in [6.07, 6.45) is 2.28. The van der Waals surface area contributed by atoms with Gasteiger partial charge < -0.3 is 37.6 Å². The fraction of sp³-hybridized carbons (Fsp3) is 0.200. The van der Waals surface area contributed by atoms with Crippen LogP contribution in [0.5, 0.6) is 0 Å². The van der Waals surface area contributed by atoms with Gasteiger partial charge in [-0.3, -0.25) is 4.79 Å². The number of hydrogen-bond donors (Lipinski definition) is 3. The molecule has 9 aromatic rings. The number of nitrogens with two attached hydrogens (primary N) is 1. The summed E-state index contributed by atoms with van der Waals surface area (Å²) in [5.41, 5.74) is 22.9. The van der Waals surface area contributed by atoms with Gasteiger partial charge in [0.05, 0.1) is 41.3 Å². The van der Waals surface area contributed by atoms with Crippen molar-refractivity contribution in [3.63, 3.8) is 0 Å². The summed E-state index contributed by atoms with van der Waals surface area (Å²) < 4.78 is 68.0. The molecule has 440 valence electrons. The molecule has 5 N–H and O–H groups in total. The Morgan fingerprint density at radius 3 is 1.42 bits per heavy atom. The first-order valence-corrected chi connectivity index (χ1v) is 32.0. The number of aryl methyl sites for hydroxylation is 3. The van der Waals surface area contributed by atoms with E-state index in [9.17, 15) is 21.6 Å². The van der Waals surface area contributed by atoms with Crippen LogP contribution in [0.3, 0.4) is 0 Å². The van der Waals surface area contributed by atoms with Crippen LogP contribution in [-0.4, -0.2) is 39.5 Å². The molecule has 18 heteroatoms. The second-order valence-corrected chi connectivity index (χ2v) is 22.6. The number of Topliss-reactive ketones (excluding diaryl/α,β-unsaturated/α-hetero) is 1. The molecule has 83 heavy (non-hydrogen) atoms. The molecule has 0 saturated heterocycles. The zero-order chi connectivity index (χ0) is 60.1. The van der Waals surface area contributed by atoms with Gasteiger partial charge in [0.25, 0.3) is 0 Å². The third-order valence-corrected chi connectivity index (χ3v) is 15.5. The third kappa shape index (κ3) is 23.9. The van der Waals surface area contributed by atoms with E-state index < -0.39 is 50.3 Å². The molecular weight excluding hydrogens is 1240 g/mol. The summed E-state index contributed by atoms with van der Waals surface area (Å²) in [5, 5.41) is 8.99. The Morgan fingerprint density at radius 1 is 0.578 bits per heavy atom. The Kier molecular flexibility index (Phi) is 32.0. The minimum absolute atomic E-state index is 0. The Balaban J connectivity index is 0.000000292. The van der Waals surface area contributed by atoms with Gasteiger partial charge in [-0.2, -0.15) is 0 Å². The average molecular weight is 1310 g/mol. The molecule has 0 fully saturated rings. The Labute approximate surface area is 515 Å². The Morgan fingerprint density at radius 2 is 1.00 bits per heavy atom. The average Bonchev–Trinajstić information content (AvgIpc) is 4.35. The molecule has 0 aliphatic heterocycles. The summed E-state index contributed by atoms with van der Waals surface area (Å²) in [7, 11) is -3.01. The Hall–Kier alpha value is -6.04. The number of carbonyl (C=O) groups is 1. The Bertz CT molecular complexity index is 3230. The van der Waals surface area contributed by atoms with Gasteiger partial charge in [-0.25, -0.2) is 21.6 Å². The van der Waals surface area contributed by atoms with Crippen LogP contribution in [0, 0.1) is 28.2 Å². The summed E-state index contributed by atoms with van der Waals surface area (Å²) in [6.45, 7) is 10.4. The predicted octanol–water partition coefficient (Wildman–Crippen LogP) is 16.8. The van der Waals surface area contributed by atoms with Gasteiger partial charge in [0.15, 0.2) is 5.76 Å². The molecule has 0 bridgehead atoms. The number of furan rings is 2. The molecule has 2 heterocycles. The van der Waals surface area contributed by atoms with E-state index in [4.69, 9.17) is 48.6 Å². The number of benzene rings is 7. The van der Waals surface area contributed by atoms with E-state index in [0.717, 1.165) is 27.8 Å². The number of rotatable bonds is 17. The number of carbonyl (C=O) groups excluding carboxylic acids is 1. The SMILES string of the molecule is Cc1ccc(C(C)C)cc1.Cc1ccc(S(=O)(=O)N[C@@H](c2ccccc2)[C@@H](N)c2ccccc2)cc1.Cc1ccc(S(=O)(=O)[N-][C@@H](c2ccccc2)[C@@H]([NH-])c2ccccc2)cc1.O=C(CCl)c1ccco1.O[C@@H](CCl)c1ccco1.[CH3-].[Cl][Ru+3]. The van der Waals surface area contributed by atoms with Crippen molar-refractivity contribution < 1.29 is 52.9 Å². The first-order chi connectivity index (χ1) is 39.3. The van der Waals surface area contributed by atoms with E-state index in [1.807, 2.05) is 152 Å². The number of hydrogen-bond acceptors (Lipinski definition) is 9. The standard InChI is InChI=1S/C21H22N2O2S.C21H20N2O2S.C10H14.C6H7ClO2.C6H5ClO2.CH3.ClH.Ru/c2*1-16-12-14-19(15-13-16)26(24,25)23-21(18-10-6-3-7-11-18)20(22)17-8-4-2-5-9-17;1-8(2)10-6-4-9(3)5-7-10;2*7-4-5(8)6-2-1-3-9-6;;;/h2-15,20-21,23H,22H2,1H3;2-15,20-22H,1H3;4-8H,1-3H3;1-3,5,8H,4H2;1-3H,4H2;1H3;1H;/q;-2;;;;-1;;+4/p-1/t2*20-,21-;;5-;;;;/m00.0..../s1. The molecule has 0 aliphatic carbocycles. The predicted molar refractivity (Wildman–Crippen MR) is 334 cm³/mol. The van der Waals surface area contributed by atoms with Crippen molar-refractivity contribution in [2.45, 2.75) is 80.6 Å². The van der Waals surface area contributed by atoms with Gasteiger partial charge in [0.1, 0.15) is 21.9 Å². The maximum atomic E-state index is 12.9. The number of nitrogens with zero attached hydrogens (tertiary/aromatic N) is 1. The maximum absolute atomic E-state index is 12.9. The van der Waals surface area contributed by atoms with Gasteiger partial charge in [0.2, 0.25) is 15.8 Å². The monoisotopic (exact) mass is 1310 g/mol. The molecule has 0 aliphatic rings. The van der Waals surface area contributed by atoms with Crippen molar-refractivity contribution in [1.82, 2.24) is 4.72 Å². The number of sulfonamides is 2. The van der Waals surface area contributed by atoms with Crippen molar-refractivity contribution in [2.24, 2.45) is 5.73 Å². The van der Waals surface area contributed by atoms with E-state index in [2.05, 4.69) is 64.2 Å². The van der Waals surface area contributed by atoms with Crippen molar-refractivity contribution in [1.29, 1.82) is 0 Å². The molecule has 7 aromatic carbocycles. The third-order valence-electron chi connectivity index (χ3n) is 12.2. The van der Waals surface area contributed by atoms with Crippen molar-refractivity contribution in [3.8, 4) is 0 Å². The molecule has 9 rings (SSSR count). The first kappa shape index (κ1) is 71.2. The van der Waals surface area contributed by atoms with Crippen LogP contribution >= 0.6 is 32.9 Å². The topological polar surface area (TPSA) is 208 Å². The summed E-state index contributed by atoms with van der Waals surface area (Å²) in [5.74, 6) is 1.47. The number of nitrogens with one attached hydrogen (secondary N) is 2. The van der Waals surface area contributed by atoms with Crippen LogP contribution in [-0.2, 0) is 37.4 Å². The summed E-state index contributed by atoms with van der Waals surface area (Å²) >= 11 is 12.4. The number of ketones is 1. The van der Waals surface area contributed by atoms with Gasteiger partial charge in [-0.15, -0.1) is 35.3 Å². The molecule has 0 saturated carbocycles. The second-order valence-electron chi connectivity index (χ2n) is 18.7. The fourth-order valence-electron chi connectivity index (χ4n) is 7.57. The van der Waals surface area contributed by atoms with E-state index in [0.29, 0.717) is 23.0 Å². The molecular formula is C65H71Cl3N4O8RuS2. The first-order valence-electron chi connectivity index (χ1n) is 25.7. The van der Waals surface area contributed by atoms with E-state index in [1.165, 1.54) is 23.7 Å². The van der Waals surface area contributed by atoms with Crippen molar-refractivity contribution >= 4 is 58.7 Å². The molecule has 5 atom stereocenters.